The summed E-state index contributed by atoms with van der Waals surface area (Å²) in [6.07, 6.45) is 0. The van der Waals surface area contributed by atoms with Crippen LogP contribution in [0.2, 0.25) is 10.0 Å². The van der Waals surface area contributed by atoms with Gasteiger partial charge in [-0.1, -0.05) is 47.1 Å². The zero-order valence-electron chi connectivity index (χ0n) is 9.91. The van der Waals surface area contributed by atoms with Gasteiger partial charge in [0.2, 0.25) is 0 Å². The molecule has 1 nitrogen and oxygen atoms in total. The number of rotatable bonds is 4. The van der Waals surface area contributed by atoms with E-state index in [2.05, 4.69) is 5.32 Å². The Kier molecular flexibility index (Phi) is 4.95. The van der Waals surface area contributed by atoms with Gasteiger partial charge in [0.1, 0.15) is 0 Å². The summed E-state index contributed by atoms with van der Waals surface area (Å²) >= 11 is 13.9. The van der Waals surface area contributed by atoms with Crippen molar-refractivity contribution in [2.24, 2.45) is 0 Å². The van der Waals surface area contributed by atoms with E-state index in [0.717, 1.165) is 21.5 Å². The van der Waals surface area contributed by atoms with Gasteiger partial charge < -0.3 is 5.32 Å². The summed E-state index contributed by atoms with van der Waals surface area (Å²) in [6.45, 7) is 0.785. The first-order valence-electron chi connectivity index (χ1n) is 5.56. The van der Waals surface area contributed by atoms with Gasteiger partial charge in [-0.25, -0.2) is 0 Å². The molecule has 0 fully saturated rings. The minimum atomic E-state index is 0.753. The summed E-state index contributed by atoms with van der Waals surface area (Å²) in [5.41, 5.74) is 1.18. The molecule has 0 aromatic heterocycles. The van der Waals surface area contributed by atoms with Crippen molar-refractivity contribution in [3.05, 3.63) is 58.1 Å². The van der Waals surface area contributed by atoms with Crippen molar-refractivity contribution in [3.8, 4) is 0 Å². The molecule has 0 spiro atoms. The Morgan fingerprint density at radius 2 is 1.83 bits per heavy atom. The third kappa shape index (κ3) is 3.42. The van der Waals surface area contributed by atoms with Gasteiger partial charge in [-0.05, 0) is 42.9 Å². The van der Waals surface area contributed by atoms with Gasteiger partial charge in [0, 0.05) is 21.4 Å². The van der Waals surface area contributed by atoms with Gasteiger partial charge in [0.15, 0.2) is 0 Å². The van der Waals surface area contributed by atoms with E-state index < -0.39 is 0 Å². The largest absolute Gasteiger partial charge is 0.316 e. The van der Waals surface area contributed by atoms with Crippen molar-refractivity contribution in [3.63, 3.8) is 0 Å². The highest BCUT2D eigenvalue weighted by Crippen LogP contribution is 2.35. The molecule has 0 saturated carbocycles. The minimum Gasteiger partial charge on any atom is -0.316 e. The topological polar surface area (TPSA) is 12.0 Å². The van der Waals surface area contributed by atoms with Crippen LogP contribution >= 0.6 is 35.0 Å². The molecule has 0 aliphatic carbocycles. The fourth-order valence-electron chi connectivity index (χ4n) is 1.62. The van der Waals surface area contributed by atoms with E-state index in [-0.39, 0.29) is 0 Å². The Bertz CT molecular complexity index is 543. The maximum Gasteiger partial charge on any atom is 0.0545 e. The molecule has 94 valence electrons. The van der Waals surface area contributed by atoms with E-state index >= 15 is 0 Å². The average molecular weight is 298 g/mol. The summed E-state index contributed by atoms with van der Waals surface area (Å²) in [6, 6.07) is 13.8. The van der Waals surface area contributed by atoms with Crippen LogP contribution in [0.5, 0.6) is 0 Å². The summed E-state index contributed by atoms with van der Waals surface area (Å²) in [5, 5.41) is 4.67. The van der Waals surface area contributed by atoms with E-state index in [4.69, 9.17) is 23.2 Å². The highest BCUT2D eigenvalue weighted by Gasteiger charge is 2.07. The van der Waals surface area contributed by atoms with Gasteiger partial charge in [-0.15, -0.1) is 0 Å². The van der Waals surface area contributed by atoms with Crippen molar-refractivity contribution in [2.45, 2.75) is 16.3 Å². The van der Waals surface area contributed by atoms with Crippen molar-refractivity contribution in [1.29, 1.82) is 0 Å². The summed E-state index contributed by atoms with van der Waals surface area (Å²) in [4.78, 5) is 2.22. The van der Waals surface area contributed by atoms with Crippen LogP contribution in [-0.2, 0) is 6.54 Å². The molecule has 0 saturated heterocycles. The molecule has 0 heterocycles. The molecule has 2 rings (SSSR count). The van der Waals surface area contributed by atoms with Gasteiger partial charge in [0.05, 0.1) is 5.02 Å². The molecule has 0 radical (unpaired) electrons. The van der Waals surface area contributed by atoms with Crippen LogP contribution in [0.1, 0.15) is 5.56 Å². The predicted molar refractivity (Wildman–Crippen MR) is 79.8 cm³/mol. The fourth-order valence-corrected chi connectivity index (χ4v) is 3.02. The van der Waals surface area contributed by atoms with E-state index in [1.807, 2.05) is 49.5 Å². The highest BCUT2D eigenvalue weighted by atomic mass is 35.5. The summed E-state index contributed by atoms with van der Waals surface area (Å²) in [5.74, 6) is 0. The zero-order valence-corrected chi connectivity index (χ0v) is 12.2. The molecule has 0 amide bonds. The second kappa shape index (κ2) is 6.48. The molecule has 0 unspecified atom stereocenters. The second-order valence-electron chi connectivity index (χ2n) is 3.81. The monoisotopic (exact) mass is 297 g/mol. The maximum absolute atomic E-state index is 6.17. The molecule has 1 N–H and O–H groups in total. The van der Waals surface area contributed by atoms with E-state index in [9.17, 15) is 0 Å². The first-order chi connectivity index (χ1) is 8.70. The average Bonchev–Trinajstić information content (AvgIpc) is 2.35. The lowest BCUT2D eigenvalue weighted by Crippen LogP contribution is -2.06. The second-order valence-corrected chi connectivity index (χ2v) is 5.74. The standard InChI is InChI=1S/C14H13Cl2NS/c1-17-9-10-8-11(15)6-7-13(10)18-14-5-3-2-4-12(14)16/h2-8,17H,9H2,1H3. The molecule has 0 aliphatic heterocycles. The Labute approximate surface area is 121 Å². The zero-order chi connectivity index (χ0) is 13.0. The normalized spacial score (nSPS) is 10.6. The number of hydrogen-bond donors (Lipinski definition) is 1. The lowest BCUT2D eigenvalue weighted by molar-refractivity contribution is 0.803. The van der Waals surface area contributed by atoms with Gasteiger partial charge in [-0.3, -0.25) is 0 Å². The fraction of sp³-hybridized carbons (Fsp3) is 0.143. The van der Waals surface area contributed by atoms with Crippen LogP contribution in [-0.4, -0.2) is 7.05 Å². The van der Waals surface area contributed by atoms with E-state index in [0.29, 0.717) is 0 Å². The molecular weight excluding hydrogens is 285 g/mol. The lowest BCUT2D eigenvalue weighted by Gasteiger charge is -2.10. The Morgan fingerprint density at radius 1 is 1.06 bits per heavy atom. The quantitative estimate of drug-likeness (QED) is 0.864. The van der Waals surface area contributed by atoms with Crippen LogP contribution in [0, 0.1) is 0 Å². The van der Waals surface area contributed by atoms with Crippen LogP contribution in [0.15, 0.2) is 52.3 Å². The van der Waals surface area contributed by atoms with Crippen LogP contribution in [0.25, 0.3) is 0 Å². The molecule has 0 bridgehead atoms. The SMILES string of the molecule is CNCc1cc(Cl)ccc1Sc1ccccc1Cl. The van der Waals surface area contributed by atoms with Crippen molar-refractivity contribution in [2.75, 3.05) is 7.05 Å². The first kappa shape index (κ1) is 13.8. The Balaban J connectivity index is 2.31. The van der Waals surface area contributed by atoms with Gasteiger partial charge in [0.25, 0.3) is 0 Å². The third-order valence-corrected chi connectivity index (χ3v) is 4.32. The van der Waals surface area contributed by atoms with Crippen molar-refractivity contribution in [1.82, 2.24) is 5.32 Å². The number of halogens is 2. The smallest absolute Gasteiger partial charge is 0.0545 e. The van der Waals surface area contributed by atoms with Gasteiger partial charge >= 0.3 is 0 Å². The predicted octanol–water partition coefficient (Wildman–Crippen LogP) is 4.86. The molecule has 0 atom stereocenters. The number of nitrogens with one attached hydrogen (secondary N) is 1. The summed E-state index contributed by atoms with van der Waals surface area (Å²) in [7, 11) is 1.92. The highest BCUT2D eigenvalue weighted by molar-refractivity contribution is 7.99. The molecule has 18 heavy (non-hydrogen) atoms. The van der Waals surface area contributed by atoms with Crippen LogP contribution in [0.4, 0.5) is 0 Å². The first-order valence-corrected chi connectivity index (χ1v) is 7.13. The number of benzene rings is 2. The molecular formula is C14H13Cl2NS. The minimum absolute atomic E-state index is 0.753. The van der Waals surface area contributed by atoms with E-state index in [1.54, 1.807) is 11.8 Å². The van der Waals surface area contributed by atoms with Crippen LogP contribution in [0.3, 0.4) is 0 Å². The third-order valence-electron chi connectivity index (χ3n) is 2.45. The maximum atomic E-state index is 6.17. The molecule has 2 aromatic carbocycles. The Hall–Kier alpha value is -0.670. The van der Waals surface area contributed by atoms with E-state index in [1.165, 1.54) is 10.5 Å². The molecule has 0 aliphatic rings. The van der Waals surface area contributed by atoms with Crippen molar-refractivity contribution >= 4 is 35.0 Å². The number of hydrogen-bond acceptors (Lipinski definition) is 2. The Morgan fingerprint density at radius 3 is 2.56 bits per heavy atom. The van der Waals surface area contributed by atoms with Crippen LogP contribution < -0.4 is 5.32 Å². The summed E-state index contributed by atoms with van der Waals surface area (Å²) < 4.78 is 0. The lowest BCUT2D eigenvalue weighted by atomic mass is 10.2. The molecule has 2 aromatic rings. The van der Waals surface area contributed by atoms with Crippen molar-refractivity contribution < 1.29 is 0 Å². The van der Waals surface area contributed by atoms with Gasteiger partial charge in [-0.2, -0.15) is 0 Å². The molecule has 4 heteroatoms.